The molecular formula is C17H27N3O2. The van der Waals surface area contributed by atoms with Crippen LogP contribution in [0.1, 0.15) is 25.3 Å². The molecule has 0 aromatic heterocycles. The number of aliphatic imine (C=N–C) groups is 1. The van der Waals surface area contributed by atoms with Gasteiger partial charge in [0.1, 0.15) is 12.4 Å². The number of nitrogens with zero attached hydrogens (tertiary/aromatic N) is 1. The fraction of sp³-hybridized carbons (Fsp3) is 0.588. The van der Waals surface area contributed by atoms with Crippen LogP contribution in [-0.4, -0.2) is 44.9 Å². The van der Waals surface area contributed by atoms with Crippen molar-refractivity contribution in [3.63, 3.8) is 0 Å². The summed E-state index contributed by atoms with van der Waals surface area (Å²) in [6, 6.07) is 8.06. The molecule has 0 radical (unpaired) electrons. The molecule has 0 amide bonds. The van der Waals surface area contributed by atoms with Crippen molar-refractivity contribution in [3.8, 4) is 5.75 Å². The highest BCUT2D eigenvalue weighted by Crippen LogP contribution is 2.23. The fourth-order valence-corrected chi connectivity index (χ4v) is 2.51. The summed E-state index contributed by atoms with van der Waals surface area (Å²) in [6.45, 7) is 7.12. The second-order valence-corrected chi connectivity index (χ2v) is 5.92. The Kier molecular flexibility index (Phi) is 6.07. The van der Waals surface area contributed by atoms with Gasteiger partial charge in [-0.15, -0.1) is 0 Å². The Hall–Kier alpha value is -1.75. The minimum atomic E-state index is -0.0737. The van der Waals surface area contributed by atoms with Crippen molar-refractivity contribution in [3.05, 3.63) is 29.8 Å². The number of hydrogen-bond acceptors (Lipinski definition) is 3. The average Bonchev–Trinajstić information content (AvgIpc) is 2.94. The topological polar surface area (TPSA) is 54.9 Å². The Morgan fingerprint density at radius 2 is 2.27 bits per heavy atom. The molecule has 1 aromatic carbocycles. The maximum Gasteiger partial charge on any atom is 0.191 e. The van der Waals surface area contributed by atoms with Gasteiger partial charge in [-0.25, -0.2) is 0 Å². The van der Waals surface area contributed by atoms with E-state index in [4.69, 9.17) is 9.47 Å². The molecule has 0 aliphatic carbocycles. The van der Waals surface area contributed by atoms with Gasteiger partial charge >= 0.3 is 0 Å². The van der Waals surface area contributed by atoms with E-state index in [1.165, 1.54) is 5.56 Å². The normalized spacial score (nSPS) is 21.7. The number of aryl methyl sites for hydroxylation is 1. The molecule has 0 saturated carbocycles. The van der Waals surface area contributed by atoms with Crippen molar-refractivity contribution >= 4 is 5.96 Å². The standard InChI is InChI=1S/C17H27N3O2/c1-14-6-4-7-15(12-14)21-11-9-19-16(18-3)20-13-17(2)8-5-10-22-17/h4,6-7,12H,5,8-11,13H2,1-3H3,(H2,18,19,20). The van der Waals surface area contributed by atoms with Crippen LogP contribution in [0.4, 0.5) is 0 Å². The second kappa shape index (κ2) is 8.03. The molecule has 2 rings (SSSR count). The summed E-state index contributed by atoms with van der Waals surface area (Å²) in [4.78, 5) is 4.22. The zero-order chi connectivity index (χ0) is 15.8. The van der Waals surface area contributed by atoms with Crippen molar-refractivity contribution in [2.45, 2.75) is 32.3 Å². The summed E-state index contributed by atoms with van der Waals surface area (Å²) in [6.07, 6.45) is 2.22. The van der Waals surface area contributed by atoms with Gasteiger partial charge in [0, 0.05) is 20.2 Å². The van der Waals surface area contributed by atoms with Gasteiger partial charge < -0.3 is 20.1 Å². The molecule has 1 heterocycles. The fourth-order valence-electron chi connectivity index (χ4n) is 2.51. The van der Waals surface area contributed by atoms with Gasteiger partial charge in [0.05, 0.1) is 12.1 Å². The molecular weight excluding hydrogens is 278 g/mol. The van der Waals surface area contributed by atoms with Gasteiger partial charge in [0.25, 0.3) is 0 Å². The van der Waals surface area contributed by atoms with E-state index in [2.05, 4.69) is 35.5 Å². The van der Waals surface area contributed by atoms with E-state index in [1.54, 1.807) is 7.05 Å². The summed E-state index contributed by atoms with van der Waals surface area (Å²) in [7, 11) is 1.77. The average molecular weight is 305 g/mol. The van der Waals surface area contributed by atoms with Gasteiger partial charge in [0.15, 0.2) is 5.96 Å². The van der Waals surface area contributed by atoms with Crippen LogP contribution in [0.15, 0.2) is 29.3 Å². The highest BCUT2D eigenvalue weighted by atomic mass is 16.5. The van der Waals surface area contributed by atoms with Crippen LogP contribution in [0.2, 0.25) is 0 Å². The predicted octanol–water partition coefficient (Wildman–Crippen LogP) is 2.11. The molecule has 5 heteroatoms. The van der Waals surface area contributed by atoms with Crippen molar-refractivity contribution in [2.24, 2.45) is 4.99 Å². The third-order valence-electron chi connectivity index (χ3n) is 3.81. The van der Waals surface area contributed by atoms with Gasteiger partial charge in [-0.05, 0) is 44.4 Å². The quantitative estimate of drug-likeness (QED) is 0.480. The summed E-state index contributed by atoms with van der Waals surface area (Å²) in [5.74, 6) is 1.68. The van der Waals surface area contributed by atoms with Gasteiger partial charge in [0.2, 0.25) is 0 Å². The monoisotopic (exact) mass is 305 g/mol. The van der Waals surface area contributed by atoms with Crippen LogP contribution in [0.3, 0.4) is 0 Å². The van der Waals surface area contributed by atoms with Crippen LogP contribution in [0.5, 0.6) is 5.75 Å². The van der Waals surface area contributed by atoms with Crippen LogP contribution >= 0.6 is 0 Å². The molecule has 22 heavy (non-hydrogen) atoms. The van der Waals surface area contributed by atoms with Crippen LogP contribution < -0.4 is 15.4 Å². The van der Waals surface area contributed by atoms with E-state index in [9.17, 15) is 0 Å². The smallest absolute Gasteiger partial charge is 0.191 e. The number of guanidine groups is 1. The molecule has 1 aliphatic heterocycles. The summed E-state index contributed by atoms with van der Waals surface area (Å²) in [5, 5.41) is 6.57. The third kappa shape index (κ3) is 5.22. The minimum Gasteiger partial charge on any atom is -0.492 e. The Balaban J connectivity index is 1.66. The lowest BCUT2D eigenvalue weighted by molar-refractivity contribution is 0.0243. The zero-order valence-electron chi connectivity index (χ0n) is 13.8. The second-order valence-electron chi connectivity index (χ2n) is 5.92. The number of nitrogens with one attached hydrogen (secondary N) is 2. The number of rotatable bonds is 6. The van der Waals surface area contributed by atoms with Crippen molar-refractivity contribution in [1.82, 2.24) is 10.6 Å². The molecule has 0 spiro atoms. The molecule has 1 atom stereocenters. The van der Waals surface area contributed by atoms with E-state index in [0.717, 1.165) is 37.7 Å². The Morgan fingerprint density at radius 1 is 1.41 bits per heavy atom. The third-order valence-corrected chi connectivity index (χ3v) is 3.81. The lowest BCUT2D eigenvalue weighted by atomic mass is 10.0. The lowest BCUT2D eigenvalue weighted by Gasteiger charge is -2.24. The molecule has 1 fully saturated rings. The maximum atomic E-state index is 5.76. The van der Waals surface area contributed by atoms with Crippen molar-refractivity contribution in [2.75, 3.05) is 33.4 Å². The van der Waals surface area contributed by atoms with Crippen molar-refractivity contribution in [1.29, 1.82) is 0 Å². The number of hydrogen-bond donors (Lipinski definition) is 2. The molecule has 0 bridgehead atoms. The molecule has 1 saturated heterocycles. The first-order chi connectivity index (χ1) is 10.6. The number of ether oxygens (including phenoxy) is 2. The molecule has 1 aromatic rings. The molecule has 122 valence electrons. The van der Waals surface area contributed by atoms with E-state index in [1.807, 2.05) is 18.2 Å². The first-order valence-corrected chi connectivity index (χ1v) is 7.89. The molecule has 1 aliphatic rings. The Labute approximate surface area is 133 Å². The first kappa shape index (κ1) is 16.6. The lowest BCUT2D eigenvalue weighted by Crippen LogP contribution is -2.46. The highest BCUT2D eigenvalue weighted by molar-refractivity contribution is 5.79. The van der Waals surface area contributed by atoms with Gasteiger partial charge in [-0.1, -0.05) is 12.1 Å². The summed E-state index contributed by atoms with van der Waals surface area (Å²) in [5.41, 5.74) is 1.13. The van der Waals surface area contributed by atoms with E-state index in [0.29, 0.717) is 13.2 Å². The summed E-state index contributed by atoms with van der Waals surface area (Å²) >= 11 is 0. The Morgan fingerprint density at radius 3 is 2.95 bits per heavy atom. The minimum absolute atomic E-state index is 0.0737. The van der Waals surface area contributed by atoms with E-state index in [-0.39, 0.29) is 5.60 Å². The summed E-state index contributed by atoms with van der Waals surface area (Å²) < 4.78 is 11.5. The zero-order valence-corrected chi connectivity index (χ0v) is 13.8. The predicted molar refractivity (Wildman–Crippen MR) is 89.6 cm³/mol. The Bertz CT molecular complexity index is 496. The molecule has 2 N–H and O–H groups in total. The molecule has 1 unspecified atom stereocenters. The van der Waals surface area contributed by atoms with Crippen molar-refractivity contribution < 1.29 is 9.47 Å². The maximum absolute atomic E-state index is 5.76. The highest BCUT2D eigenvalue weighted by Gasteiger charge is 2.29. The molecule has 5 nitrogen and oxygen atoms in total. The SMILES string of the molecule is CN=C(NCCOc1cccc(C)c1)NCC1(C)CCCO1. The van der Waals surface area contributed by atoms with E-state index < -0.39 is 0 Å². The largest absolute Gasteiger partial charge is 0.492 e. The van der Waals surface area contributed by atoms with Gasteiger partial charge in [-0.2, -0.15) is 0 Å². The first-order valence-electron chi connectivity index (χ1n) is 7.89. The van der Waals surface area contributed by atoms with Crippen LogP contribution in [0, 0.1) is 6.92 Å². The number of benzene rings is 1. The van der Waals surface area contributed by atoms with Crippen LogP contribution in [0.25, 0.3) is 0 Å². The van der Waals surface area contributed by atoms with E-state index >= 15 is 0 Å². The van der Waals surface area contributed by atoms with Gasteiger partial charge in [-0.3, -0.25) is 4.99 Å². The van der Waals surface area contributed by atoms with Crippen LogP contribution in [-0.2, 0) is 4.74 Å².